The third-order valence-electron chi connectivity index (χ3n) is 3.32. The molecule has 6 heteroatoms. The number of para-hydroxylation sites is 2. The van der Waals surface area contributed by atoms with E-state index in [2.05, 4.69) is 26.1 Å². The summed E-state index contributed by atoms with van der Waals surface area (Å²) in [5.74, 6) is 0.200. The van der Waals surface area contributed by atoms with E-state index in [1.54, 1.807) is 18.2 Å². The number of nitro benzene ring substituents is 1. The highest BCUT2D eigenvalue weighted by atomic mass is 16.6. The lowest BCUT2D eigenvalue weighted by atomic mass is 9.82. The van der Waals surface area contributed by atoms with E-state index in [0.717, 1.165) is 6.42 Å². The van der Waals surface area contributed by atoms with Crippen molar-refractivity contribution in [3.05, 3.63) is 34.4 Å². The van der Waals surface area contributed by atoms with Crippen molar-refractivity contribution < 1.29 is 14.5 Å². The second-order valence-corrected chi connectivity index (χ2v) is 7.85. The van der Waals surface area contributed by atoms with Crippen LogP contribution < -0.4 is 10.1 Å². The van der Waals surface area contributed by atoms with E-state index in [9.17, 15) is 14.9 Å². The Labute approximate surface area is 143 Å². The zero-order valence-electron chi connectivity index (χ0n) is 15.2. The van der Waals surface area contributed by atoms with E-state index in [1.165, 1.54) is 6.07 Å². The molecule has 0 saturated carbocycles. The molecule has 0 aromatic heterocycles. The molecule has 0 radical (unpaired) electrons. The van der Waals surface area contributed by atoms with Gasteiger partial charge < -0.3 is 10.1 Å². The van der Waals surface area contributed by atoms with Gasteiger partial charge in [0.25, 0.3) is 0 Å². The SMILES string of the molecule is CC(C)(C)CC(C)(C)NC(=O)CCCOc1ccccc1[N+](=O)[O-]. The van der Waals surface area contributed by atoms with Gasteiger partial charge in [-0.3, -0.25) is 14.9 Å². The number of benzene rings is 1. The van der Waals surface area contributed by atoms with Crippen molar-refractivity contribution in [2.75, 3.05) is 6.61 Å². The van der Waals surface area contributed by atoms with Crippen LogP contribution in [-0.2, 0) is 4.79 Å². The van der Waals surface area contributed by atoms with Gasteiger partial charge >= 0.3 is 5.69 Å². The van der Waals surface area contributed by atoms with Gasteiger partial charge in [0.2, 0.25) is 5.91 Å². The topological polar surface area (TPSA) is 81.5 Å². The maximum Gasteiger partial charge on any atom is 0.310 e. The quantitative estimate of drug-likeness (QED) is 0.440. The first kappa shape index (κ1) is 19.9. The second-order valence-electron chi connectivity index (χ2n) is 7.85. The van der Waals surface area contributed by atoms with Gasteiger partial charge in [0.15, 0.2) is 5.75 Å². The summed E-state index contributed by atoms with van der Waals surface area (Å²) in [5, 5.41) is 13.9. The Balaban J connectivity index is 2.40. The monoisotopic (exact) mass is 336 g/mol. The van der Waals surface area contributed by atoms with Crippen molar-refractivity contribution in [1.29, 1.82) is 0 Å². The van der Waals surface area contributed by atoms with Gasteiger partial charge in [0.1, 0.15) is 0 Å². The van der Waals surface area contributed by atoms with Crippen LogP contribution in [0.5, 0.6) is 5.75 Å². The number of hydrogen-bond acceptors (Lipinski definition) is 4. The summed E-state index contributed by atoms with van der Waals surface area (Å²) in [6, 6.07) is 6.24. The molecule has 0 spiro atoms. The van der Waals surface area contributed by atoms with E-state index in [4.69, 9.17) is 4.74 Å². The zero-order chi connectivity index (χ0) is 18.4. The average Bonchev–Trinajstić information content (AvgIpc) is 2.40. The molecule has 24 heavy (non-hydrogen) atoms. The van der Waals surface area contributed by atoms with Gasteiger partial charge in [-0.05, 0) is 38.2 Å². The number of nitrogens with zero attached hydrogens (tertiary/aromatic N) is 1. The van der Waals surface area contributed by atoms with Gasteiger partial charge in [-0.1, -0.05) is 32.9 Å². The van der Waals surface area contributed by atoms with Gasteiger partial charge in [-0.25, -0.2) is 0 Å². The molecule has 134 valence electrons. The highest BCUT2D eigenvalue weighted by molar-refractivity contribution is 5.76. The smallest absolute Gasteiger partial charge is 0.310 e. The molecule has 0 heterocycles. The second kappa shape index (κ2) is 8.13. The summed E-state index contributed by atoms with van der Waals surface area (Å²) >= 11 is 0. The first-order valence-electron chi connectivity index (χ1n) is 8.17. The van der Waals surface area contributed by atoms with Crippen LogP contribution in [0.25, 0.3) is 0 Å². The van der Waals surface area contributed by atoms with Crippen LogP contribution in [0.1, 0.15) is 53.9 Å². The molecule has 0 aliphatic carbocycles. The molecule has 1 aromatic rings. The number of nitrogens with one attached hydrogen (secondary N) is 1. The van der Waals surface area contributed by atoms with Crippen LogP contribution in [0, 0.1) is 15.5 Å². The Morgan fingerprint density at radius 3 is 2.42 bits per heavy atom. The molecule has 1 amide bonds. The van der Waals surface area contributed by atoms with Crippen LogP contribution in [0.15, 0.2) is 24.3 Å². The van der Waals surface area contributed by atoms with E-state index >= 15 is 0 Å². The molecule has 1 rings (SSSR count). The molecule has 0 saturated heterocycles. The predicted octanol–water partition coefficient (Wildman–Crippen LogP) is 4.08. The highest BCUT2D eigenvalue weighted by Gasteiger charge is 2.26. The molecule has 0 bridgehead atoms. The Hall–Kier alpha value is -2.11. The van der Waals surface area contributed by atoms with E-state index in [-0.39, 0.29) is 34.9 Å². The third-order valence-corrected chi connectivity index (χ3v) is 3.32. The zero-order valence-corrected chi connectivity index (χ0v) is 15.2. The number of amides is 1. The summed E-state index contributed by atoms with van der Waals surface area (Å²) < 4.78 is 5.44. The average molecular weight is 336 g/mol. The largest absolute Gasteiger partial charge is 0.487 e. The Morgan fingerprint density at radius 1 is 1.21 bits per heavy atom. The molecular formula is C18H28N2O4. The van der Waals surface area contributed by atoms with Crippen LogP contribution in [0.3, 0.4) is 0 Å². The van der Waals surface area contributed by atoms with Crippen molar-refractivity contribution >= 4 is 11.6 Å². The van der Waals surface area contributed by atoms with Crippen molar-refractivity contribution in [1.82, 2.24) is 5.32 Å². The van der Waals surface area contributed by atoms with Crippen LogP contribution >= 0.6 is 0 Å². The molecule has 1 N–H and O–H groups in total. The van der Waals surface area contributed by atoms with Crippen molar-refractivity contribution in [2.45, 2.75) is 59.4 Å². The fourth-order valence-corrected chi connectivity index (χ4v) is 2.95. The standard InChI is InChI=1S/C18H28N2O4/c1-17(2,3)13-18(4,5)19-16(21)11-8-12-24-15-10-7-6-9-14(15)20(22)23/h6-7,9-10H,8,11-13H2,1-5H3,(H,19,21). The molecule has 0 unspecified atom stereocenters. The minimum absolute atomic E-state index is 0.0320. The van der Waals surface area contributed by atoms with Crippen LogP contribution in [0.4, 0.5) is 5.69 Å². The van der Waals surface area contributed by atoms with Crippen molar-refractivity contribution in [2.24, 2.45) is 5.41 Å². The maximum atomic E-state index is 12.1. The molecule has 0 aliphatic rings. The van der Waals surface area contributed by atoms with Crippen LogP contribution in [-0.4, -0.2) is 23.0 Å². The van der Waals surface area contributed by atoms with Gasteiger partial charge in [0, 0.05) is 18.0 Å². The number of rotatable bonds is 8. The molecule has 0 fully saturated rings. The van der Waals surface area contributed by atoms with E-state index in [1.807, 2.05) is 13.8 Å². The normalized spacial score (nSPS) is 11.9. The number of carbonyl (C=O) groups is 1. The summed E-state index contributed by atoms with van der Waals surface area (Å²) in [7, 11) is 0. The lowest BCUT2D eigenvalue weighted by Gasteiger charge is -2.33. The summed E-state index contributed by atoms with van der Waals surface area (Å²) in [4.78, 5) is 22.5. The Kier molecular flexibility index (Phi) is 6.75. The van der Waals surface area contributed by atoms with Crippen LogP contribution in [0.2, 0.25) is 0 Å². The predicted molar refractivity (Wildman–Crippen MR) is 94.1 cm³/mol. The fraction of sp³-hybridized carbons (Fsp3) is 0.611. The lowest BCUT2D eigenvalue weighted by molar-refractivity contribution is -0.385. The fourth-order valence-electron chi connectivity index (χ4n) is 2.95. The number of carbonyl (C=O) groups excluding carboxylic acids is 1. The molecular weight excluding hydrogens is 308 g/mol. The third kappa shape index (κ3) is 7.44. The summed E-state index contributed by atoms with van der Waals surface area (Å²) in [6.45, 7) is 10.7. The van der Waals surface area contributed by atoms with Gasteiger partial charge in [0.05, 0.1) is 11.5 Å². The number of nitro groups is 1. The minimum Gasteiger partial charge on any atom is -0.487 e. The molecule has 1 aromatic carbocycles. The first-order chi connectivity index (χ1) is 11.0. The molecule has 6 nitrogen and oxygen atoms in total. The summed E-state index contributed by atoms with van der Waals surface area (Å²) in [5.41, 5.74) is -0.200. The Morgan fingerprint density at radius 2 is 1.83 bits per heavy atom. The minimum atomic E-state index is -0.475. The molecule has 0 aliphatic heterocycles. The number of ether oxygens (including phenoxy) is 1. The van der Waals surface area contributed by atoms with Gasteiger partial charge in [-0.2, -0.15) is 0 Å². The van der Waals surface area contributed by atoms with E-state index in [0.29, 0.717) is 12.8 Å². The Bertz CT molecular complexity index is 577. The van der Waals surface area contributed by atoms with Crippen molar-refractivity contribution in [3.8, 4) is 5.75 Å². The number of hydrogen-bond donors (Lipinski definition) is 1. The molecule has 0 atom stereocenters. The first-order valence-corrected chi connectivity index (χ1v) is 8.17. The highest BCUT2D eigenvalue weighted by Crippen LogP contribution is 2.27. The maximum absolute atomic E-state index is 12.1. The van der Waals surface area contributed by atoms with E-state index < -0.39 is 4.92 Å². The lowest BCUT2D eigenvalue weighted by Crippen LogP contribution is -2.45. The summed E-state index contributed by atoms with van der Waals surface area (Å²) in [6.07, 6.45) is 1.70. The van der Waals surface area contributed by atoms with Gasteiger partial charge in [-0.15, -0.1) is 0 Å². The van der Waals surface area contributed by atoms with Crippen molar-refractivity contribution in [3.63, 3.8) is 0 Å².